The lowest BCUT2D eigenvalue weighted by atomic mass is 9.96. The molecule has 0 aromatic heterocycles. The van der Waals surface area contributed by atoms with Crippen LogP contribution in [0.5, 0.6) is 0 Å². The third-order valence-corrected chi connectivity index (χ3v) is 3.61. The van der Waals surface area contributed by atoms with Gasteiger partial charge in [0.25, 0.3) is 0 Å². The predicted molar refractivity (Wildman–Crippen MR) is 76.9 cm³/mol. The maximum Gasteiger partial charge on any atom is 0.221 e. The molecular weight excluding hydrogens is 242 g/mol. The van der Waals surface area contributed by atoms with Gasteiger partial charge in [0.05, 0.1) is 6.61 Å². The van der Waals surface area contributed by atoms with Crippen LogP contribution in [0.15, 0.2) is 0 Å². The second-order valence-corrected chi connectivity index (χ2v) is 5.77. The van der Waals surface area contributed by atoms with Crippen molar-refractivity contribution in [3.63, 3.8) is 0 Å². The zero-order valence-corrected chi connectivity index (χ0v) is 12.5. The summed E-state index contributed by atoms with van der Waals surface area (Å²) in [5.74, 6) is 0.667. The standard InChI is InChI=1S/C14H29N3O2/c1-11(2)16-14(18)7-13(8-15)17-6-4-5-12(9-17)10-19-3/h11-13H,4-10,15H2,1-3H3,(H,16,18). The Morgan fingerprint density at radius 3 is 2.84 bits per heavy atom. The average Bonchev–Trinajstić information content (AvgIpc) is 2.36. The smallest absolute Gasteiger partial charge is 0.221 e. The molecule has 1 rings (SSSR count). The summed E-state index contributed by atoms with van der Waals surface area (Å²) in [6.07, 6.45) is 2.87. The molecule has 2 unspecified atom stereocenters. The molecule has 0 saturated carbocycles. The number of nitrogens with one attached hydrogen (secondary N) is 1. The van der Waals surface area contributed by atoms with E-state index in [1.54, 1.807) is 7.11 Å². The van der Waals surface area contributed by atoms with Gasteiger partial charge >= 0.3 is 0 Å². The Labute approximate surface area is 116 Å². The molecule has 1 heterocycles. The number of rotatable bonds is 7. The minimum absolute atomic E-state index is 0.0966. The predicted octanol–water partition coefficient (Wildman–Crippen LogP) is 0.587. The number of piperidine rings is 1. The van der Waals surface area contributed by atoms with Gasteiger partial charge < -0.3 is 15.8 Å². The Hall–Kier alpha value is -0.650. The second-order valence-electron chi connectivity index (χ2n) is 5.77. The van der Waals surface area contributed by atoms with Crippen LogP contribution in [0.3, 0.4) is 0 Å². The number of carbonyl (C=O) groups is 1. The number of amides is 1. The SMILES string of the molecule is COCC1CCCN(C(CN)CC(=O)NC(C)C)C1. The van der Waals surface area contributed by atoms with Gasteiger partial charge in [0.1, 0.15) is 0 Å². The highest BCUT2D eigenvalue weighted by atomic mass is 16.5. The van der Waals surface area contributed by atoms with Gasteiger partial charge in [-0.2, -0.15) is 0 Å². The first-order chi connectivity index (χ1) is 9.06. The number of nitrogens with two attached hydrogens (primary N) is 1. The normalized spacial score (nSPS) is 22.5. The minimum Gasteiger partial charge on any atom is -0.384 e. The van der Waals surface area contributed by atoms with Gasteiger partial charge in [-0.05, 0) is 39.2 Å². The van der Waals surface area contributed by atoms with Crippen molar-refractivity contribution in [2.75, 3.05) is 33.4 Å². The molecule has 1 aliphatic heterocycles. The molecule has 1 amide bonds. The summed E-state index contributed by atoms with van der Waals surface area (Å²) >= 11 is 0. The summed E-state index contributed by atoms with van der Waals surface area (Å²) in [5.41, 5.74) is 5.85. The van der Waals surface area contributed by atoms with Gasteiger partial charge in [-0.3, -0.25) is 9.69 Å². The van der Waals surface area contributed by atoms with Gasteiger partial charge in [-0.1, -0.05) is 0 Å². The van der Waals surface area contributed by atoms with Crippen LogP contribution >= 0.6 is 0 Å². The Balaban J connectivity index is 2.46. The van der Waals surface area contributed by atoms with Crippen LogP contribution in [-0.2, 0) is 9.53 Å². The second kappa shape index (κ2) is 8.51. The van der Waals surface area contributed by atoms with E-state index in [9.17, 15) is 4.79 Å². The number of hydrogen-bond donors (Lipinski definition) is 2. The van der Waals surface area contributed by atoms with Crippen LogP contribution in [0.1, 0.15) is 33.1 Å². The highest BCUT2D eigenvalue weighted by molar-refractivity contribution is 5.76. The molecule has 0 radical (unpaired) electrons. The number of ether oxygens (including phenoxy) is 1. The molecular formula is C14H29N3O2. The molecule has 2 atom stereocenters. The van der Waals surface area contributed by atoms with Crippen molar-refractivity contribution >= 4 is 5.91 Å². The molecule has 0 aliphatic carbocycles. The van der Waals surface area contributed by atoms with Crippen LogP contribution in [0.25, 0.3) is 0 Å². The Morgan fingerprint density at radius 1 is 1.53 bits per heavy atom. The topological polar surface area (TPSA) is 67.6 Å². The summed E-state index contributed by atoms with van der Waals surface area (Å²) in [7, 11) is 1.75. The Morgan fingerprint density at radius 2 is 2.26 bits per heavy atom. The van der Waals surface area contributed by atoms with Gasteiger partial charge in [0.2, 0.25) is 5.91 Å². The molecule has 1 aliphatic rings. The Kier molecular flexibility index (Phi) is 7.34. The third kappa shape index (κ3) is 5.89. The number of likely N-dealkylation sites (tertiary alicyclic amines) is 1. The largest absolute Gasteiger partial charge is 0.384 e. The third-order valence-electron chi connectivity index (χ3n) is 3.61. The van der Waals surface area contributed by atoms with Crippen LogP contribution in [0, 0.1) is 5.92 Å². The van der Waals surface area contributed by atoms with Crippen LogP contribution < -0.4 is 11.1 Å². The number of methoxy groups -OCH3 is 1. The summed E-state index contributed by atoms with van der Waals surface area (Å²) in [6, 6.07) is 0.340. The summed E-state index contributed by atoms with van der Waals surface area (Å²) in [4.78, 5) is 14.2. The van der Waals surface area contributed by atoms with E-state index in [0.29, 0.717) is 18.9 Å². The van der Waals surface area contributed by atoms with E-state index in [1.807, 2.05) is 13.8 Å². The fourth-order valence-electron chi connectivity index (χ4n) is 2.76. The molecule has 1 fully saturated rings. The van der Waals surface area contributed by atoms with Crippen molar-refractivity contribution < 1.29 is 9.53 Å². The highest BCUT2D eigenvalue weighted by Gasteiger charge is 2.26. The van der Waals surface area contributed by atoms with Crippen molar-refractivity contribution in [1.29, 1.82) is 0 Å². The first-order valence-corrected chi connectivity index (χ1v) is 7.29. The fourth-order valence-corrected chi connectivity index (χ4v) is 2.76. The molecule has 0 spiro atoms. The van der Waals surface area contributed by atoms with Crippen molar-refractivity contribution in [3.05, 3.63) is 0 Å². The first-order valence-electron chi connectivity index (χ1n) is 7.29. The van der Waals surface area contributed by atoms with Crippen molar-refractivity contribution in [2.24, 2.45) is 11.7 Å². The monoisotopic (exact) mass is 271 g/mol. The molecule has 5 heteroatoms. The molecule has 0 aromatic carbocycles. The van der Waals surface area contributed by atoms with Crippen molar-refractivity contribution in [1.82, 2.24) is 10.2 Å². The van der Waals surface area contributed by atoms with E-state index in [-0.39, 0.29) is 18.0 Å². The highest BCUT2D eigenvalue weighted by Crippen LogP contribution is 2.19. The first kappa shape index (κ1) is 16.4. The molecule has 0 bridgehead atoms. The average molecular weight is 271 g/mol. The summed E-state index contributed by atoms with van der Waals surface area (Å²) in [6.45, 7) is 7.31. The number of hydrogen-bond acceptors (Lipinski definition) is 4. The van der Waals surface area contributed by atoms with Gasteiger partial charge in [-0.25, -0.2) is 0 Å². The van der Waals surface area contributed by atoms with Crippen molar-refractivity contribution in [2.45, 2.75) is 45.2 Å². The van der Waals surface area contributed by atoms with Crippen LogP contribution in [-0.4, -0.2) is 56.2 Å². The van der Waals surface area contributed by atoms with Crippen molar-refractivity contribution in [3.8, 4) is 0 Å². The number of nitrogens with zero attached hydrogens (tertiary/aromatic N) is 1. The summed E-state index contributed by atoms with van der Waals surface area (Å²) < 4.78 is 5.24. The lowest BCUT2D eigenvalue weighted by molar-refractivity contribution is -0.123. The zero-order valence-electron chi connectivity index (χ0n) is 12.5. The minimum atomic E-state index is 0.0966. The molecule has 0 aromatic rings. The molecule has 3 N–H and O–H groups in total. The van der Waals surface area contributed by atoms with Gasteiger partial charge in [-0.15, -0.1) is 0 Å². The van der Waals surface area contributed by atoms with Crippen LogP contribution in [0.2, 0.25) is 0 Å². The van der Waals surface area contributed by atoms with E-state index in [4.69, 9.17) is 10.5 Å². The zero-order chi connectivity index (χ0) is 14.3. The molecule has 112 valence electrons. The lowest BCUT2D eigenvalue weighted by Crippen LogP contribution is -2.49. The van der Waals surface area contributed by atoms with E-state index in [2.05, 4.69) is 10.2 Å². The molecule has 5 nitrogen and oxygen atoms in total. The van der Waals surface area contributed by atoms with E-state index in [0.717, 1.165) is 26.1 Å². The fraction of sp³-hybridized carbons (Fsp3) is 0.929. The molecule has 19 heavy (non-hydrogen) atoms. The van der Waals surface area contributed by atoms with Crippen LogP contribution in [0.4, 0.5) is 0 Å². The van der Waals surface area contributed by atoms with Gasteiger partial charge in [0, 0.05) is 38.7 Å². The maximum absolute atomic E-state index is 11.9. The molecule has 1 saturated heterocycles. The quantitative estimate of drug-likeness (QED) is 0.711. The van der Waals surface area contributed by atoms with E-state index >= 15 is 0 Å². The number of carbonyl (C=O) groups excluding carboxylic acids is 1. The Bertz CT molecular complexity index is 269. The van der Waals surface area contributed by atoms with Gasteiger partial charge in [0.15, 0.2) is 0 Å². The van der Waals surface area contributed by atoms with E-state index in [1.165, 1.54) is 6.42 Å². The lowest BCUT2D eigenvalue weighted by Gasteiger charge is -2.37. The van der Waals surface area contributed by atoms with E-state index < -0.39 is 0 Å². The maximum atomic E-state index is 11.9. The summed E-state index contributed by atoms with van der Waals surface area (Å²) in [5, 5.41) is 2.94.